The number of sulfonamides is 1. The summed E-state index contributed by atoms with van der Waals surface area (Å²) >= 11 is 0. The van der Waals surface area contributed by atoms with Crippen LogP contribution in [0.1, 0.15) is 24.0 Å². The van der Waals surface area contributed by atoms with E-state index in [2.05, 4.69) is 39.4 Å². The fourth-order valence-corrected chi connectivity index (χ4v) is 3.30. The Morgan fingerprint density at radius 2 is 1.81 bits per heavy atom. The van der Waals surface area contributed by atoms with Crippen molar-refractivity contribution >= 4 is 16.0 Å². The highest BCUT2D eigenvalue weighted by atomic mass is 32.2. The monoisotopic (exact) mass is 374 g/mol. The SMILES string of the molecule is CN=C(NCc1cccc(S(=O)(=O)NC)c1)NCC(C)c1ccccc1. The van der Waals surface area contributed by atoms with Crippen LogP contribution in [0.25, 0.3) is 0 Å². The second-order valence-electron chi connectivity index (χ2n) is 5.97. The first-order valence-corrected chi connectivity index (χ1v) is 9.96. The van der Waals surface area contributed by atoms with Gasteiger partial charge in [0.1, 0.15) is 0 Å². The van der Waals surface area contributed by atoms with E-state index in [1.54, 1.807) is 25.2 Å². The summed E-state index contributed by atoms with van der Waals surface area (Å²) in [6, 6.07) is 17.1. The van der Waals surface area contributed by atoms with Gasteiger partial charge in [-0.2, -0.15) is 0 Å². The van der Waals surface area contributed by atoms with Crippen molar-refractivity contribution in [3.8, 4) is 0 Å². The summed E-state index contributed by atoms with van der Waals surface area (Å²) in [5, 5.41) is 6.52. The quantitative estimate of drug-likeness (QED) is 0.512. The molecular formula is C19H26N4O2S. The standard InChI is InChI=1S/C19H26N4O2S/c1-15(17-9-5-4-6-10-17)13-22-19(20-2)23-14-16-8-7-11-18(12-16)26(24,25)21-3/h4-12,15,21H,13-14H2,1-3H3,(H2,20,22,23). The van der Waals surface area contributed by atoms with Crippen LogP contribution in [0.15, 0.2) is 64.5 Å². The van der Waals surface area contributed by atoms with E-state index >= 15 is 0 Å². The van der Waals surface area contributed by atoms with E-state index in [-0.39, 0.29) is 4.90 Å². The summed E-state index contributed by atoms with van der Waals surface area (Å²) in [7, 11) is -0.325. The second-order valence-corrected chi connectivity index (χ2v) is 7.86. The molecule has 0 saturated carbocycles. The van der Waals surface area contributed by atoms with Crippen LogP contribution >= 0.6 is 0 Å². The van der Waals surface area contributed by atoms with Crippen molar-refractivity contribution in [1.29, 1.82) is 0 Å². The topological polar surface area (TPSA) is 82.6 Å². The molecule has 2 rings (SSSR count). The summed E-state index contributed by atoms with van der Waals surface area (Å²) in [4.78, 5) is 4.47. The maximum atomic E-state index is 11.9. The Labute approximate surface area is 155 Å². The predicted molar refractivity (Wildman–Crippen MR) is 106 cm³/mol. The van der Waals surface area contributed by atoms with Gasteiger partial charge in [0.25, 0.3) is 0 Å². The third-order valence-corrected chi connectivity index (χ3v) is 5.52. The third kappa shape index (κ3) is 5.57. The molecule has 140 valence electrons. The first kappa shape index (κ1) is 19.9. The molecule has 6 nitrogen and oxygen atoms in total. The van der Waals surface area contributed by atoms with Crippen molar-refractivity contribution in [2.75, 3.05) is 20.6 Å². The number of benzene rings is 2. The van der Waals surface area contributed by atoms with Crippen molar-refractivity contribution < 1.29 is 8.42 Å². The van der Waals surface area contributed by atoms with Gasteiger partial charge in [0, 0.05) is 20.1 Å². The Hall–Kier alpha value is -2.38. The average Bonchev–Trinajstić information content (AvgIpc) is 2.68. The molecule has 0 aromatic heterocycles. The molecule has 0 bridgehead atoms. The normalized spacial score (nSPS) is 13.3. The molecule has 0 radical (unpaired) electrons. The summed E-state index contributed by atoms with van der Waals surface area (Å²) < 4.78 is 26.1. The molecule has 1 atom stereocenters. The van der Waals surface area contributed by atoms with Gasteiger partial charge in [-0.3, -0.25) is 4.99 Å². The van der Waals surface area contributed by atoms with E-state index in [9.17, 15) is 8.42 Å². The molecular weight excluding hydrogens is 348 g/mol. The number of rotatable bonds is 7. The second kappa shape index (κ2) is 9.35. The fraction of sp³-hybridized carbons (Fsp3) is 0.316. The van der Waals surface area contributed by atoms with Crippen molar-refractivity contribution in [3.63, 3.8) is 0 Å². The van der Waals surface area contributed by atoms with Gasteiger partial charge in [0.2, 0.25) is 10.0 Å². The lowest BCUT2D eigenvalue weighted by Gasteiger charge is -2.16. The minimum Gasteiger partial charge on any atom is -0.356 e. The Kier molecular flexibility index (Phi) is 7.17. The fourth-order valence-electron chi connectivity index (χ4n) is 2.50. The van der Waals surface area contributed by atoms with Crippen LogP contribution in [0.5, 0.6) is 0 Å². The lowest BCUT2D eigenvalue weighted by Crippen LogP contribution is -2.38. The van der Waals surface area contributed by atoms with Gasteiger partial charge in [-0.15, -0.1) is 0 Å². The van der Waals surface area contributed by atoms with Gasteiger partial charge in [0.15, 0.2) is 5.96 Å². The Bertz CT molecular complexity index is 836. The molecule has 0 amide bonds. The van der Waals surface area contributed by atoms with Crippen molar-refractivity contribution in [3.05, 3.63) is 65.7 Å². The van der Waals surface area contributed by atoms with E-state index in [0.29, 0.717) is 18.4 Å². The van der Waals surface area contributed by atoms with E-state index in [1.165, 1.54) is 12.6 Å². The van der Waals surface area contributed by atoms with Gasteiger partial charge in [-0.25, -0.2) is 13.1 Å². The highest BCUT2D eigenvalue weighted by molar-refractivity contribution is 7.89. The van der Waals surface area contributed by atoms with Gasteiger partial charge < -0.3 is 10.6 Å². The zero-order valence-electron chi connectivity index (χ0n) is 15.4. The number of guanidine groups is 1. The maximum absolute atomic E-state index is 11.9. The highest BCUT2D eigenvalue weighted by Crippen LogP contribution is 2.13. The summed E-state index contributed by atoms with van der Waals surface area (Å²) in [5.74, 6) is 1.02. The van der Waals surface area contributed by atoms with Crippen LogP contribution in [-0.4, -0.2) is 35.0 Å². The zero-order valence-corrected chi connectivity index (χ0v) is 16.2. The molecule has 0 fully saturated rings. The summed E-state index contributed by atoms with van der Waals surface area (Å²) in [6.45, 7) is 3.38. The van der Waals surface area contributed by atoms with Gasteiger partial charge in [0.05, 0.1) is 4.90 Å². The van der Waals surface area contributed by atoms with Crippen LogP contribution in [0.4, 0.5) is 0 Å². The predicted octanol–water partition coefficient (Wildman–Crippen LogP) is 2.06. The summed E-state index contributed by atoms with van der Waals surface area (Å²) in [5.41, 5.74) is 2.13. The van der Waals surface area contributed by atoms with Gasteiger partial charge in [-0.05, 0) is 36.2 Å². The average molecular weight is 375 g/mol. The number of hydrogen-bond acceptors (Lipinski definition) is 3. The molecule has 0 heterocycles. The molecule has 0 saturated heterocycles. The first-order valence-electron chi connectivity index (χ1n) is 8.48. The summed E-state index contributed by atoms with van der Waals surface area (Å²) in [6.07, 6.45) is 0. The molecule has 1 unspecified atom stereocenters. The van der Waals surface area contributed by atoms with Crippen molar-refractivity contribution in [2.45, 2.75) is 24.3 Å². The number of nitrogens with one attached hydrogen (secondary N) is 3. The smallest absolute Gasteiger partial charge is 0.240 e. The molecule has 0 aliphatic rings. The third-order valence-electron chi connectivity index (χ3n) is 4.11. The van der Waals surface area contributed by atoms with Crippen molar-refractivity contribution in [1.82, 2.24) is 15.4 Å². The Balaban J connectivity index is 1.92. The Morgan fingerprint density at radius 1 is 1.08 bits per heavy atom. The number of nitrogens with zero attached hydrogens (tertiary/aromatic N) is 1. The van der Waals surface area contributed by atoms with E-state index < -0.39 is 10.0 Å². The molecule has 0 aliphatic heterocycles. The molecule has 3 N–H and O–H groups in total. The van der Waals surface area contributed by atoms with Crippen LogP contribution < -0.4 is 15.4 Å². The van der Waals surface area contributed by atoms with E-state index in [4.69, 9.17) is 0 Å². The van der Waals surface area contributed by atoms with E-state index in [0.717, 1.165) is 12.1 Å². The first-order chi connectivity index (χ1) is 12.5. The lowest BCUT2D eigenvalue weighted by molar-refractivity contribution is 0.588. The maximum Gasteiger partial charge on any atom is 0.240 e. The van der Waals surface area contributed by atoms with Crippen LogP contribution in [-0.2, 0) is 16.6 Å². The molecule has 26 heavy (non-hydrogen) atoms. The van der Waals surface area contributed by atoms with Crippen LogP contribution in [0.2, 0.25) is 0 Å². The molecule has 2 aromatic carbocycles. The van der Waals surface area contributed by atoms with Crippen molar-refractivity contribution in [2.24, 2.45) is 4.99 Å². The van der Waals surface area contributed by atoms with E-state index in [1.807, 2.05) is 24.3 Å². The molecule has 0 aliphatic carbocycles. The largest absolute Gasteiger partial charge is 0.356 e. The minimum atomic E-state index is -3.44. The number of aliphatic imine (C=N–C) groups is 1. The molecule has 0 spiro atoms. The highest BCUT2D eigenvalue weighted by Gasteiger charge is 2.11. The van der Waals surface area contributed by atoms with Crippen LogP contribution in [0, 0.1) is 0 Å². The minimum absolute atomic E-state index is 0.250. The zero-order chi connectivity index (χ0) is 19.0. The Morgan fingerprint density at radius 3 is 2.46 bits per heavy atom. The number of hydrogen-bond donors (Lipinski definition) is 3. The lowest BCUT2D eigenvalue weighted by atomic mass is 10.0. The molecule has 7 heteroatoms. The van der Waals surface area contributed by atoms with Crippen LogP contribution in [0.3, 0.4) is 0 Å². The van der Waals surface area contributed by atoms with Gasteiger partial charge >= 0.3 is 0 Å². The van der Waals surface area contributed by atoms with Gasteiger partial charge in [-0.1, -0.05) is 49.4 Å². The molecule has 2 aromatic rings.